The summed E-state index contributed by atoms with van der Waals surface area (Å²) in [6.07, 6.45) is 1.61. The van der Waals surface area contributed by atoms with Gasteiger partial charge in [-0.3, -0.25) is 5.43 Å². The van der Waals surface area contributed by atoms with Crippen LogP contribution in [-0.4, -0.2) is 38.1 Å². The second-order valence-electron chi connectivity index (χ2n) is 5.26. The van der Waals surface area contributed by atoms with Crippen molar-refractivity contribution in [3.05, 3.63) is 53.6 Å². The van der Waals surface area contributed by atoms with Crippen molar-refractivity contribution in [3.63, 3.8) is 0 Å². The van der Waals surface area contributed by atoms with Gasteiger partial charge in [-0.25, -0.2) is 4.79 Å². The van der Waals surface area contributed by atoms with Gasteiger partial charge in [0.1, 0.15) is 5.75 Å². The normalized spacial score (nSPS) is 10.3. The van der Waals surface area contributed by atoms with Gasteiger partial charge in [0, 0.05) is 6.54 Å². The third kappa shape index (κ3) is 5.96. The average molecular weight is 387 g/mol. The van der Waals surface area contributed by atoms with Crippen molar-refractivity contribution in [2.45, 2.75) is 6.92 Å². The summed E-state index contributed by atoms with van der Waals surface area (Å²) < 4.78 is 15.7. The number of methoxy groups -OCH3 is 2. The molecule has 0 aliphatic heterocycles. The lowest BCUT2D eigenvalue weighted by Crippen LogP contribution is -2.31. The van der Waals surface area contributed by atoms with Crippen LogP contribution in [0.5, 0.6) is 17.2 Å². The van der Waals surface area contributed by atoms with Crippen LogP contribution in [0, 0.1) is 0 Å². The summed E-state index contributed by atoms with van der Waals surface area (Å²) in [7, 11) is 3.04. The number of thiocarbonyl (C=S) groups is 1. The fraction of sp³-hybridized carbons (Fsp3) is 0.211. The largest absolute Gasteiger partial charge is 0.493 e. The minimum atomic E-state index is -0.491. The minimum Gasteiger partial charge on any atom is -0.493 e. The molecule has 0 aromatic heterocycles. The molecular weight excluding hydrogens is 366 g/mol. The second kappa shape index (κ2) is 10.1. The molecule has 2 aromatic carbocycles. The van der Waals surface area contributed by atoms with Crippen LogP contribution in [0.4, 0.5) is 0 Å². The van der Waals surface area contributed by atoms with E-state index in [0.717, 1.165) is 12.1 Å². The van der Waals surface area contributed by atoms with Gasteiger partial charge in [-0.15, -0.1) is 0 Å². The molecule has 7 nitrogen and oxygen atoms in total. The lowest BCUT2D eigenvalue weighted by molar-refractivity contribution is 0.0734. The van der Waals surface area contributed by atoms with Crippen LogP contribution >= 0.6 is 12.2 Å². The van der Waals surface area contributed by atoms with Crippen molar-refractivity contribution >= 4 is 29.5 Å². The Kier molecular flexibility index (Phi) is 7.57. The summed E-state index contributed by atoms with van der Waals surface area (Å²) in [5, 5.41) is 7.40. The number of carbonyl (C=O) groups excluding carboxylic acids is 1. The number of nitrogens with one attached hydrogen (secondary N) is 2. The van der Waals surface area contributed by atoms with E-state index in [1.54, 1.807) is 48.7 Å². The molecule has 2 aromatic rings. The molecular formula is C19H21N3O4S. The molecule has 8 heteroatoms. The molecule has 0 radical (unpaired) electrons. The third-order valence-electron chi connectivity index (χ3n) is 3.43. The van der Waals surface area contributed by atoms with Gasteiger partial charge in [0.25, 0.3) is 0 Å². The Morgan fingerprint density at radius 1 is 1.11 bits per heavy atom. The van der Waals surface area contributed by atoms with Crippen LogP contribution in [0.25, 0.3) is 0 Å². The SMILES string of the molecule is CCNC(=S)NN=Cc1ccc(OC(=O)c2ccc(OC)c(OC)c2)cc1. The predicted octanol–water partition coefficient (Wildman–Crippen LogP) is 2.74. The second-order valence-corrected chi connectivity index (χ2v) is 5.67. The summed E-state index contributed by atoms with van der Waals surface area (Å²) in [4.78, 5) is 12.3. The predicted molar refractivity (Wildman–Crippen MR) is 108 cm³/mol. The number of carbonyl (C=O) groups is 1. The van der Waals surface area contributed by atoms with Crippen LogP contribution in [-0.2, 0) is 0 Å². The van der Waals surface area contributed by atoms with E-state index in [9.17, 15) is 4.79 Å². The van der Waals surface area contributed by atoms with Crippen LogP contribution in [0.3, 0.4) is 0 Å². The number of hydrogen-bond donors (Lipinski definition) is 2. The molecule has 0 amide bonds. The van der Waals surface area contributed by atoms with Gasteiger partial charge in [0.05, 0.1) is 26.0 Å². The third-order valence-corrected chi connectivity index (χ3v) is 3.66. The maximum absolute atomic E-state index is 12.3. The molecule has 0 bridgehead atoms. The fourth-order valence-corrected chi connectivity index (χ4v) is 2.31. The average Bonchev–Trinajstić information content (AvgIpc) is 2.69. The summed E-state index contributed by atoms with van der Waals surface area (Å²) in [5.74, 6) is 0.930. The smallest absolute Gasteiger partial charge is 0.343 e. The van der Waals surface area contributed by atoms with E-state index in [1.807, 2.05) is 6.92 Å². The standard InChI is InChI=1S/C19H21N3O4S/c1-4-20-19(27)22-21-12-13-5-8-15(9-6-13)26-18(23)14-7-10-16(24-2)17(11-14)25-3/h5-12H,4H2,1-3H3,(H2,20,22,27). The molecule has 0 saturated carbocycles. The summed E-state index contributed by atoms with van der Waals surface area (Å²) >= 11 is 5.01. The van der Waals surface area contributed by atoms with Gasteiger partial charge in [-0.1, -0.05) is 0 Å². The summed E-state index contributed by atoms with van der Waals surface area (Å²) in [5.41, 5.74) is 3.89. The molecule has 0 aliphatic carbocycles. The van der Waals surface area contributed by atoms with E-state index >= 15 is 0 Å². The maximum Gasteiger partial charge on any atom is 0.343 e. The molecule has 0 aliphatic rings. The first-order valence-electron chi connectivity index (χ1n) is 8.18. The first-order chi connectivity index (χ1) is 13.1. The molecule has 2 rings (SSSR count). The zero-order valence-corrected chi connectivity index (χ0v) is 16.1. The highest BCUT2D eigenvalue weighted by molar-refractivity contribution is 7.80. The highest BCUT2D eigenvalue weighted by Gasteiger charge is 2.12. The molecule has 27 heavy (non-hydrogen) atoms. The van der Waals surface area contributed by atoms with E-state index in [4.69, 9.17) is 26.4 Å². The highest BCUT2D eigenvalue weighted by Crippen LogP contribution is 2.28. The monoisotopic (exact) mass is 387 g/mol. The van der Waals surface area contributed by atoms with Crippen LogP contribution < -0.4 is 25.0 Å². The Bertz CT molecular complexity index is 822. The van der Waals surface area contributed by atoms with Gasteiger partial charge < -0.3 is 19.5 Å². The van der Waals surface area contributed by atoms with Crippen molar-refractivity contribution < 1.29 is 19.0 Å². The van der Waals surface area contributed by atoms with Gasteiger partial charge in [0.15, 0.2) is 16.6 Å². The molecule has 0 atom stereocenters. The van der Waals surface area contributed by atoms with Gasteiger partial charge in [-0.2, -0.15) is 5.10 Å². The van der Waals surface area contributed by atoms with E-state index in [0.29, 0.717) is 27.9 Å². The number of esters is 1. The topological polar surface area (TPSA) is 81.2 Å². The quantitative estimate of drug-likeness (QED) is 0.249. The highest BCUT2D eigenvalue weighted by atomic mass is 32.1. The number of benzene rings is 2. The molecule has 142 valence electrons. The van der Waals surface area contributed by atoms with Crippen molar-refractivity contribution in [3.8, 4) is 17.2 Å². The van der Waals surface area contributed by atoms with E-state index in [-0.39, 0.29) is 0 Å². The van der Waals surface area contributed by atoms with E-state index < -0.39 is 5.97 Å². The van der Waals surface area contributed by atoms with Crippen LogP contribution in [0.15, 0.2) is 47.6 Å². The van der Waals surface area contributed by atoms with Crippen molar-refractivity contribution in [2.24, 2.45) is 5.10 Å². The molecule has 0 unspecified atom stereocenters. The zero-order chi connectivity index (χ0) is 19.6. The van der Waals surface area contributed by atoms with Crippen molar-refractivity contribution in [1.29, 1.82) is 0 Å². The molecule has 0 fully saturated rings. The van der Waals surface area contributed by atoms with Gasteiger partial charge >= 0.3 is 5.97 Å². The van der Waals surface area contributed by atoms with E-state index in [2.05, 4.69) is 15.8 Å². The first kappa shape index (κ1) is 20.2. The van der Waals surface area contributed by atoms with Crippen LogP contribution in [0.2, 0.25) is 0 Å². The Labute approximate surface area is 163 Å². The Hall–Kier alpha value is -3.13. The zero-order valence-electron chi connectivity index (χ0n) is 15.3. The number of rotatable bonds is 7. The molecule has 2 N–H and O–H groups in total. The van der Waals surface area contributed by atoms with Crippen molar-refractivity contribution in [1.82, 2.24) is 10.7 Å². The molecule has 0 saturated heterocycles. The minimum absolute atomic E-state index is 0.361. The van der Waals surface area contributed by atoms with Gasteiger partial charge in [0.2, 0.25) is 0 Å². The fourth-order valence-electron chi connectivity index (χ4n) is 2.12. The number of ether oxygens (including phenoxy) is 3. The Balaban J connectivity index is 1.98. The Morgan fingerprint density at radius 2 is 1.81 bits per heavy atom. The van der Waals surface area contributed by atoms with Crippen LogP contribution in [0.1, 0.15) is 22.8 Å². The number of nitrogens with zero attached hydrogens (tertiary/aromatic N) is 1. The van der Waals surface area contributed by atoms with E-state index in [1.165, 1.54) is 14.2 Å². The van der Waals surface area contributed by atoms with Gasteiger partial charge in [-0.05, 0) is 67.2 Å². The molecule has 0 heterocycles. The summed E-state index contributed by atoms with van der Waals surface area (Å²) in [6, 6.07) is 11.8. The number of hydrogen-bond acceptors (Lipinski definition) is 6. The van der Waals surface area contributed by atoms with Crippen molar-refractivity contribution in [2.75, 3.05) is 20.8 Å². The lowest BCUT2D eigenvalue weighted by atomic mass is 10.2. The molecule has 0 spiro atoms. The maximum atomic E-state index is 12.3. The lowest BCUT2D eigenvalue weighted by Gasteiger charge is -2.09. The Morgan fingerprint density at radius 3 is 2.44 bits per heavy atom. The first-order valence-corrected chi connectivity index (χ1v) is 8.59. The summed E-state index contributed by atoms with van der Waals surface area (Å²) in [6.45, 7) is 2.67. The number of hydrazone groups is 1.